The molecule has 1 heterocycles. The summed E-state index contributed by atoms with van der Waals surface area (Å²) in [6.07, 6.45) is 5.80. The largest absolute Gasteiger partial charge is 0.364 e. The van der Waals surface area contributed by atoms with Crippen LogP contribution in [0.1, 0.15) is 18.4 Å². The molecule has 1 aromatic rings. The number of pyridine rings is 1. The first-order valence-electron chi connectivity index (χ1n) is 5.49. The molecule has 94 valence electrons. The summed E-state index contributed by atoms with van der Waals surface area (Å²) in [6.45, 7) is 2.51. The lowest BCUT2D eigenvalue weighted by molar-refractivity contribution is -0.384. The van der Waals surface area contributed by atoms with E-state index in [1.807, 2.05) is 0 Å². The minimum absolute atomic E-state index is 0.0508. The molecule has 0 saturated heterocycles. The summed E-state index contributed by atoms with van der Waals surface area (Å²) in [4.78, 5) is 14.5. The van der Waals surface area contributed by atoms with Crippen molar-refractivity contribution in [2.24, 2.45) is 0 Å². The average molecular weight is 255 g/mol. The molecule has 0 unspecified atom stereocenters. The van der Waals surface area contributed by atoms with Crippen LogP contribution < -0.4 is 5.32 Å². The molecule has 1 rings (SSSR count). The number of unbranched alkanes of at least 4 members (excludes halogenated alkanes) is 1. The number of thioether (sulfide) groups is 1. The number of nitrogens with one attached hydrogen (secondary N) is 1. The molecule has 0 fully saturated rings. The van der Waals surface area contributed by atoms with E-state index in [0.717, 1.165) is 30.7 Å². The molecule has 0 amide bonds. The van der Waals surface area contributed by atoms with Gasteiger partial charge in [0.25, 0.3) is 0 Å². The smallest absolute Gasteiger partial charge is 0.311 e. The Labute approximate surface area is 105 Å². The first-order valence-corrected chi connectivity index (χ1v) is 6.88. The maximum Gasteiger partial charge on any atom is 0.311 e. The van der Waals surface area contributed by atoms with Gasteiger partial charge in [-0.2, -0.15) is 11.8 Å². The number of aryl methyl sites for hydroxylation is 1. The number of hydrogen-bond donors (Lipinski definition) is 1. The Morgan fingerprint density at radius 1 is 1.53 bits per heavy atom. The van der Waals surface area contributed by atoms with E-state index in [9.17, 15) is 10.1 Å². The molecular weight excluding hydrogens is 238 g/mol. The van der Waals surface area contributed by atoms with Crippen LogP contribution in [0.5, 0.6) is 0 Å². The summed E-state index contributed by atoms with van der Waals surface area (Å²) in [5, 5.41) is 13.9. The predicted molar refractivity (Wildman–Crippen MR) is 71.7 cm³/mol. The molecular formula is C11H17N3O2S. The molecule has 0 aliphatic carbocycles. The van der Waals surface area contributed by atoms with E-state index < -0.39 is 4.92 Å². The van der Waals surface area contributed by atoms with Gasteiger partial charge in [0.15, 0.2) is 0 Å². The summed E-state index contributed by atoms with van der Waals surface area (Å²) in [6, 6.07) is 1.54. The molecule has 0 aliphatic rings. The van der Waals surface area contributed by atoms with Crippen LogP contribution in [-0.2, 0) is 0 Å². The number of nitro groups is 1. The summed E-state index contributed by atoms with van der Waals surface area (Å²) < 4.78 is 0. The van der Waals surface area contributed by atoms with Gasteiger partial charge in [-0.05, 0) is 37.3 Å². The lowest BCUT2D eigenvalue weighted by Crippen LogP contribution is -2.06. The van der Waals surface area contributed by atoms with Crippen molar-refractivity contribution in [3.05, 3.63) is 27.9 Å². The van der Waals surface area contributed by atoms with Gasteiger partial charge in [0, 0.05) is 18.8 Å². The van der Waals surface area contributed by atoms with Crippen LogP contribution in [0, 0.1) is 17.0 Å². The third-order valence-corrected chi connectivity index (χ3v) is 2.97. The fourth-order valence-electron chi connectivity index (χ4n) is 1.41. The molecule has 1 aromatic heterocycles. The van der Waals surface area contributed by atoms with Crippen LogP contribution in [-0.4, -0.2) is 28.5 Å². The van der Waals surface area contributed by atoms with Gasteiger partial charge in [0.2, 0.25) is 5.82 Å². The molecule has 0 radical (unpaired) electrons. The van der Waals surface area contributed by atoms with Crippen molar-refractivity contribution >= 4 is 23.3 Å². The van der Waals surface area contributed by atoms with Gasteiger partial charge in [0.05, 0.1) is 4.92 Å². The second-order valence-electron chi connectivity index (χ2n) is 3.76. The summed E-state index contributed by atoms with van der Waals surface area (Å²) in [5.41, 5.74) is 0.847. The SMILES string of the molecule is CSCCCCNc1ncc(C)cc1[N+](=O)[O-]. The topological polar surface area (TPSA) is 68.1 Å². The van der Waals surface area contributed by atoms with Crippen molar-refractivity contribution in [1.82, 2.24) is 4.98 Å². The molecule has 1 N–H and O–H groups in total. The molecule has 6 heteroatoms. The Kier molecular flexibility index (Phi) is 5.76. The van der Waals surface area contributed by atoms with Crippen LogP contribution in [0.25, 0.3) is 0 Å². The zero-order chi connectivity index (χ0) is 12.7. The third kappa shape index (κ3) is 4.60. The van der Waals surface area contributed by atoms with E-state index in [4.69, 9.17) is 0 Å². The Balaban J connectivity index is 2.55. The number of anilines is 1. The highest BCUT2D eigenvalue weighted by atomic mass is 32.2. The summed E-state index contributed by atoms with van der Waals surface area (Å²) in [5.74, 6) is 1.48. The lowest BCUT2D eigenvalue weighted by Gasteiger charge is -2.06. The molecule has 0 aliphatic heterocycles. The molecule has 0 atom stereocenters. The minimum atomic E-state index is -0.399. The number of rotatable bonds is 7. The van der Waals surface area contributed by atoms with E-state index in [-0.39, 0.29) is 5.69 Å². The van der Waals surface area contributed by atoms with Crippen LogP contribution >= 0.6 is 11.8 Å². The average Bonchev–Trinajstić information content (AvgIpc) is 2.30. The van der Waals surface area contributed by atoms with Crippen LogP contribution in [0.15, 0.2) is 12.3 Å². The molecule has 0 saturated carbocycles. The molecule has 0 aromatic carbocycles. The number of aromatic nitrogens is 1. The van der Waals surface area contributed by atoms with Crippen LogP contribution in [0.3, 0.4) is 0 Å². The highest BCUT2D eigenvalue weighted by molar-refractivity contribution is 7.98. The molecule has 0 spiro atoms. The Bertz CT molecular complexity index is 385. The van der Waals surface area contributed by atoms with Crippen molar-refractivity contribution in [3.8, 4) is 0 Å². The Morgan fingerprint density at radius 2 is 2.29 bits per heavy atom. The zero-order valence-corrected chi connectivity index (χ0v) is 10.9. The normalized spacial score (nSPS) is 10.2. The van der Waals surface area contributed by atoms with Crippen molar-refractivity contribution < 1.29 is 4.92 Å². The van der Waals surface area contributed by atoms with Crippen molar-refractivity contribution in [3.63, 3.8) is 0 Å². The Morgan fingerprint density at radius 3 is 2.94 bits per heavy atom. The maximum atomic E-state index is 10.8. The summed E-state index contributed by atoms with van der Waals surface area (Å²) in [7, 11) is 0. The van der Waals surface area contributed by atoms with Gasteiger partial charge in [-0.25, -0.2) is 4.98 Å². The highest BCUT2D eigenvalue weighted by Crippen LogP contribution is 2.22. The first-order chi connectivity index (χ1) is 8.15. The third-order valence-electron chi connectivity index (χ3n) is 2.27. The number of nitrogens with zero attached hydrogens (tertiary/aromatic N) is 2. The monoisotopic (exact) mass is 255 g/mol. The van der Waals surface area contributed by atoms with Gasteiger partial charge in [0.1, 0.15) is 0 Å². The fourth-order valence-corrected chi connectivity index (χ4v) is 1.90. The number of hydrogen-bond acceptors (Lipinski definition) is 5. The van der Waals surface area contributed by atoms with Gasteiger partial charge in [-0.3, -0.25) is 10.1 Å². The van der Waals surface area contributed by atoms with E-state index in [1.54, 1.807) is 24.9 Å². The fraction of sp³-hybridized carbons (Fsp3) is 0.545. The standard InChI is InChI=1S/C11H17N3O2S/c1-9-7-10(14(15)16)11(13-8-9)12-5-3-4-6-17-2/h7-8H,3-6H2,1-2H3,(H,12,13). The van der Waals surface area contributed by atoms with Crippen molar-refractivity contribution in [2.75, 3.05) is 23.9 Å². The molecule has 5 nitrogen and oxygen atoms in total. The summed E-state index contributed by atoms with van der Waals surface area (Å²) >= 11 is 1.81. The quantitative estimate of drug-likeness (QED) is 0.461. The highest BCUT2D eigenvalue weighted by Gasteiger charge is 2.14. The molecule has 17 heavy (non-hydrogen) atoms. The maximum absolute atomic E-state index is 10.8. The lowest BCUT2D eigenvalue weighted by atomic mass is 10.2. The Hall–Kier alpha value is -1.30. The van der Waals surface area contributed by atoms with Crippen molar-refractivity contribution in [1.29, 1.82) is 0 Å². The zero-order valence-electron chi connectivity index (χ0n) is 10.1. The second-order valence-corrected chi connectivity index (χ2v) is 4.75. The van der Waals surface area contributed by atoms with Gasteiger partial charge >= 0.3 is 5.69 Å². The first kappa shape index (κ1) is 13.8. The van der Waals surface area contributed by atoms with Gasteiger partial charge in [-0.1, -0.05) is 0 Å². The van der Waals surface area contributed by atoms with Gasteiger partial charge < -0.3 is 5.32 Å². The van der Waals surface area contributed by atoms with Crippen molar-refractivity contribution in [2.45, 2.75) is 19.8 Å². The second kappa shape index (κ2) is 7.11. The van der Waals surface area contributed by atoms with E-state index >= 15 is 0 Å². The minimum Gasteiger partial charge on any atom is -0.364 e. The van der Waals surface area contributed by atoms with Crippen LogP contribution in [0.4, 0.5) is 11.5 Å². The van der Waals surface area contributed by atoms with E-state index in [2.05, 4.69) is 16.6 Å². The predicted octanol–water partition coefficient (Wildman–Crippen LogP) is 2.85. The van der Waals surface area contributed by atoms with Crippen LogP contribution in [0.2, 0.25) is 0 Å². The van der Waals surface area contributed by atoms with E-state index in [0.29, 0.717) is 5.82 Å². The van der Waals surface area contributed by atoms with E-state index in [1.165, 1.54) is 6.07 Å². The van der Waals surface area contributed by atoms with Gasteiger partial charge in [-0.15, -0.1) is 0 Å². The molecule has 0 bridgehead atoms.